The third-order valence-corrected chi connectivity index (χ3v) is 0. The van der Waals surface area contributed by atoms with Crippen LogP contribution in [0.25, 0.3) is 0 Å². The van der Waals surface area contributed by atoms with E-state index in [-0.39, 0.29) is 69.3 Å². The molecule has 0 saturated heterocycles. The summed E-state index contributed by atoms with van der Waals surface area (Å²) in [5.74, 6) is 0. The van der Waals surface area contributed by atoms with Crippen molar-refractivity contribution < 1.29 is 41.6 Å². The molecule has 4 nitrogen and oxygen atoms in total. The molecule has 0 aromatic heterocycles. The van der Waals surface area contributed by atoms with Crippen molar-refractivity contribution in [2.24, 2.45) is 0 Å². The predicted octanol–water partition coefficient (Wildman–Crippen LogP) is -2.76. The first kappa shape index (κ1) is 22.4. The molecule has 8 heteroatoms. The molecule has 0 rings (SSSR count). The first-order valence-electron chi connectivity index (χ1n) is 0.783. The molecule has 1 radical (unpaired) electrons. The Kier molecular flexibility index (Phi) is 26.3. The molecule has 51 valence electrons. The molecule has 0 aliphatic heterocycles. The molecular weight excluding hydrogens is 253 g/mol. The third kappa shape index (κ3) is 80.5. The van der Waals surface area contributed by atoms with Crippen LogP contribution in [0.5, 0.6) is 0 Å². The standard InChI is InChI=1S/Ag.Al.Na.H3O4P.4H/c;;;1-5(2,3)4;;;;/h;;;(H3,1,2,3,4);;;;. The van der Waals surface area contributed by atoms with Gasteiger partial charge >= 0.3 is 37.4 Å². The van der Waals surface area contributed by atoms with Gasteiger partial charge in [-0.3, -0.25) is 0 Å². The van der Waals surface area contributed by atoms with Gasteiger partial charge in [0.1, 0.15) is 0 Å². The molecule has 8 heavy (non-hydrogen) atoms. The van der Waals surface area contributed by atoms with Gasteiger partial charge in [0.25, 0.3) is 0 Å². The van der Waals surface area contributed by atoms with Crippen molar-refractivity contribution in [3.8, 4) is 0 Å². The van der Waals surface area contributed by atoms with Crippen LogP contribution >= 0.6 is 7.82 Å². The molecule has 0 amide bonds. The van der Waals surface area contributed by atoms with Crippen LogP contribution in [0.15, 0.2) is 0 Å². The normalized spacial score (nSPS) is 7.38. The molecule has 0 heterocycles. The van der Waals surface area contributed by atoms with Crippen molar-refractivity contribution in [3.63, 3.8) is 0 Å². The van der Waals surface area contributed by atoms with E-state index in [4.69, 9.17) is 19.2 Å². The quantitative estimate of drug-likeness (QED) is 0.325. The average molecular weight is 260 g/mol. The van der Waals surface area contributed by atoms with Crippen LogP contribution in [0.3, 0.4) is 0 Å². The van der Waals surface area contributed by atoms with Gasteiger partial charge in [-0.1, -0.05) is 0 Å². The molecule has 0 atom stereocenters. The van der Waals surface area contributed by atoms with E-state index >= 15 is 0 Å². The molecule has 0 aromatic rings. The second-order valence-corrected chi connectivity index (χ2v) is 1.54. The van der Waals surface area contributed by atoms with Crippen molar-refractivity contribution >= 4 is 54.7 Å². The molecular formula is H7AgAlNaO4P. The first-order chi connectivity index (χ1) is 2.00. The van der Waals surface area contributed by atoms with Gasteiger partial charge < -0.3 is 14.7 Å². The Bertz CT molecular complexity index is 62.2. The van der Waals surface area contributed by atoms with E-state index in [9.17, 15) is 0 Å². The molecule has 0 bridgehead atoms. The van der Waals surface area contributed by atoms with E-state index in [1.165, 1.54) is 0 Å². The summed E-state index contributed by atoms with van der Waals surface area (Å²) >= 11 is 0. The van der Waals surface area contributed by atoms with Gasteiger partial charge in [-0.2, -0.15) is 0 Å². The fraction of sp³-hybridized carbons (Fsp3) is 0. The molecule has 3 N–H and O–H groups in total. The zero-order valence-electron chi connectivity index (χ0n) is 2.50. The number of rotatable bonds is 0. The van der Waals surface area contributed by atoms with E-state index in [2.05, 4.69) is 0 Å². The van der Waals surface area contributed by atoms with Crippen LogP contribution < -0.4 is 0 Å². The molecule has 0 spiro atoms. The van der Waals surface area contributed by atoms with Crippen molar-refractivity contribution in [1.29, 1.82) is 0 Å². The van der Waals surface area contributed by atoms with E-state index in [1.807, 2.05) is 0 Å². The molecule has 0 aliphatic rings. The summed E-state index contributed by atoms with van der Waals surface area (Å²) in [7, 11) is -4.64. The molecule has 0 unspecified atom stereocenters. The zero-order valence-corrected chi connectivity index (χ0v) is 4.88. The summed E-state index contributed by atoms with van der Waals surface area (Å²) < 4.78 is 8.88. The van der Waals surface area contributed by atoms with Crippen LogP contribution in [0.4, 0.5) is 0 Å². The summed E-state index contributed by atoms with van der Waals surface area (Å²) in [6.45, 7) is 0. The topological polar surface area (TPSA) is 77.8 Å². The van der Waals surface area contributed by atoms with Gasteiger partial charge in [-0.15, -0.1) is 0 Å². The molecule has 0 aliphatic carbocycles. The van der Waals surface area contributed by atoms with Crippen LogP contribution in [-0.4, -0.2) is 61.6 Å². The maximum atomic E-state index is 8.88. The van der Waals surface area contributed by atoms with E-state index in [1.54, 1.807) is 0 Å². The maximum absolute atomic E-state index is 8.88. The minimum absolute atomic E-state index is 0. The van der Waals surface area contributed by atoms with Crippen LogP contribution in [-0.2, 0) is 26.9 Å². The fourth-order valence-electron chi connectivity index (χ4n) is 0. The van der Waals surface area contributed by atoms with E-state index in [0.29, 0.717) is 0 Å². The SMILES string of the molecule is O=P(O)(O)O.[Ag].[AlH3].[NaH]. The monoisotopic (exact) mass is 259 g/mol. The first-order valence-corrected chi connectivity index (χ1v) is 2.35. The van der Waals surface area contributed by atoms with Crippen LogP contribution in [0, 0.1) is 0 Å². The summed E-state index contributed by atoms with van der Waals surface area (Å²) in [6, 6.07) is 0. The molecule has 0 saturated carbocycles. The van der Waals surface area contributed by atoms with Gasteiger partial charge in [0.05, 0.1) is 0 Å². The summed E-state index contributed by atoms with van der Waals surface area (Å²) in [5.41, 5.74) is 0. The summed E-state index contributed by atoms with van der Waals surface area (Å²) in [6.07, 6.45) is 0. The van der Waals surface area contributed by atoms with Crippen molar-refractivity contribution in [1.82, 2.24) is 0 Å². The molecule has 0 aromatic carbocycles. The van der Waals surface area contributed by atoms with Gasteiger partial charge in [0.2, 0.25) is 0 Å². The Labute approximate surface area is 95.2 Å². The van der Waals surface area contributed by atoms with E-state index in [0.717, 1.165) is 0 Å². The fourth-order valence-corrected chi connectivity index (χ4v) is 0. The second kappa shape index (κ2) is 9.38. The minimum atomic E-state index is -4.64. The van der Waals surface area contributed by atoms with Gasteiger partial charge in [0, 0.05) is 22.4 Å². The van der Waals surface area contributed by atoms with Crippen LogP contribution in [0.2, 0.25) is 0 Å². The summed E-state index contributed by atoms with van der Waals surface area (Å²) in [5, 5.41) is 0. The predicted molar refractivity (Wildman–Crippen MR) is 31.4 cm³/mol. The Morgan fingerprint density at radius 1 is 1.12 bits per heavy atom. The van der Waals surface area contributed by atoms with Gasteiger partial charge in [0.15, 0.2) is 17.4 Å². The van der Waals surface area contributed by atoms with Crippen molar-refractivity contribution in [2.75, 3.05) is 0 Å². The molecule has 0 fully saturated rings. The Morgan fingerprint density at radius 2 is 1.12 bits per heavy atom. The van der Waals surface area contributed by atoms with Crippen LogP contribution in [0.1, 0.15) is 0 Å². The average Bonchev–Trinajstić information content (AvgIpc) is 0.722. The number of hydrogen-bond donors (Lipinski definition) is 3. The zero-order chi connectivity index (χ0) is 4.50. The second-order valence-electron chi connectivity index (χ2n) is 0.513. The summed E-state index contributed by atoms with van der Waals surface area (Å²) in [4.78, 5) is 21.6. The Morgan fingerprint density at radius 3 is 1.12 bits per heavy atom. The number of phosphoric acid groups is 1. The number of hydrogen-bond acceptors (Lipinski definition) is 1. The van der Waals surface area contributed by atoms with E-state index < -0.39 is 7.82 Å². The third-order valence-electron chi connectivity index (χ3n) is 0. The Hall–Kier alpha value is 2.38. The van der Waals surface area contributed by atoms with Gasteiger partial charge in [-0.05, 0) is 0 Å². The van der Waals surface area contributed by atoms with Crippen molar-refractivity contribution in [2.45, 2.75) is 0 Å². The Balaban J connectivity index is -0.0000000267. The van der Waals surface area contributed by atoms with Crippen molar-refractivity contribution in [3.05, 3.63) is 0 Å². The van der Waals surface area contributed by atoms with Gasteiger partial charge in [-0.25, -0.2) is 4.57 Å².